The van der Waals surface area contributed by atoms with Crippen LogP contribution in [0.4, 0.5) is 0 Å². The van der Waals surface area contributed by atoms with Crippen LogP contribution < -0.4 is 5.32 Å². The number of aromatic nitrogens is 1. The van der Waals surface area contributed by atoms with Crippen molar-refractivity contribution in [3.8, 4) is 0 Å². The van der Waals surface area contributed by atoms with E-state index in [2.05, 4.69) is 31.2 Å². The number of hydrogen-bond acceptors (Lipinski definition) is 4. The molecule has 0 aliphatic heterocycles. The third kappa shape index (κ3) is 1.87. The van der Waals surface area contributed by atoms with Crippen molar-refractivity contribution in [3.63, 3.8) is 0 Å². The van der Waals surface area contributed by atoms with Gasteiger partial charge in [0.25, 0.3) is 5.91 Å². The van der Waals surface area contributed by atoms with Crippen LogP contribution in [-0.2, 0) is 4.74 Å². The van der Waals surface area contributed by atoms with Gasteiger partial charge in [-0.2, -0.15) is 0 Å². The highest BCUT2D eigenvalue weighted by Gasteiger charge is 2.58. The number of nitrogens with zero attached hydrogens (tertiary/aromatic N) is 1. The van der Waals surface area contributed by atoms with E-state index in [0.29, 0.717) is 11.5 Å². The highest BCUT2D eigenvalue weighted by atomic mass is 16.5. The van der Waals surface area contributed by atoms with Gasteiger partial charge in [-0.05, 0) is 26.2 Å². The highest BCUT2D eigenvalue weighted by Crippen LogP contribution is 2.51. The molecule has 0 unspecified atom stereocenters. The van der Waals surface area contributed by atoms with Crippen LogP contribution in [0.15, 0.2) is 10.8 Å². The molecule has 1 amide bonds. The van der Waals surface area contributed by atoms with E-state index < -0.39 is 0 Å². The SMILES string of the molecule is CO[C@@]1(C)C[C@H](NC(=O)c2conc2C2CC2)C1(C)C. The van der Waals surface area contributed by atoms with E-state index >= 15 is 0 Å². The number of ether oxygens (including phenoxy) is 1. The molecule has 1 N–H and O–H groups in total. The number of carbonyl (C=O) groups is 1. The summed E-state index contributed by atoms with van der Waals surface area (Å²) in [4.78, 5) is 12.4. The van der Waals surface area contributed by atoms with Crippen LogP contribution in [-0.4, -0.2) is 29.8 Å². The summed E-state index contributed by atoms with van der Waals surface area (Å²) in [5.41, 5.74) is 1.14. The third-order valence-corrected chi connectivity index (χ3v) is 5.39. The zero-order chi connectivity index (χ0) is 14.5. The summed E-state index contributed by atoms with van der Waals surface area (Å²) < 4.78 is 10.6. The van der Waals surface area contributed by atoms with Gasteiger partial charge in [0, 0.05) is 24.5 Å². The Balaban J connectivity index is 1.70. The van der Waals surface area contributed by atoms with Crippen LogP contribution in [0.3, 0.4) is 0 Å². The van der Waals surface area contributed by atoms with Crippen molar-refractivity contribution in [3.05, 3.63) is 17.5 Å². The largest absolute Gasteiger partial charge is 0.378 e. The van der Waals surface area contributed by atoms with Crippen molar-refractivity contribution >= 4 is 5.91 Å². The second-order valence-corrected chi connectivity index (χ2v) is 6.77. The maximum absolute atomic E-state index is 12.4. The van der Waals surface area contributed by atoms with Crippen LogP contribution in [0.5, 0.6) is 0 Å². The summed E-state index contributed by atoms with van der Waals surface area (Å²) in [6, 6.07) is 0.113. The fourth-order valence-electron chi connectivity index (χ4n) is 3.03. The summed E-state index contributed by atoms with van der Waals surface area (Å²) in [6.07, 6.45) is 4.49. The lowest BCUT2D eigenvalue weighted by Gasteiger charge is -2.59. The van der Waals surface area contributed by atoms with Crippen LogP contribution in [0, 0.1) is 5.41 Å². The van der Waals surface area contributed by atoms with Crippen molar-refractivity contribution in [2.75, 3.05) is 7.11 Å². The molecule has 2 saturated carbocycles. The van der Waals surface area contributed by atoms with Crippen molar-refractivity contribution < 1.29 is 14.1 Å². The molecule has 3 rings (SSSR count). The normalized spacial score (nSPS) is 31.7. The Morgan fingerprint density at radius 3 is 2.70 bits per heavy atom. The monoisotopic (exact) mass is 278 g/mol. The van der Waals surface area contributed by atoms with E-state index in [1.807, 2.05) is 0 Å². The van der Waals surface area contributed by atoms with Crippen molar-refractivity contribution in [1.29, 1.82) is 0 Å². The molecule has 2 atom stereocenters. The van der Waals surface area contributed by atoms with E-state index in [1.165, 1.54) is 6.26 Å². The Kier molecular flexibility index (Phi) is 2.94. The van der Waals surface area contributed by atoms with Gasteiger partial charge in [-0.1, -0.05) is 19.0 Å². The number of rotatable bonds is 4. The molecular weight excluding hydrogens is 256 g/mol. The van der Waals surface area contributed by atoms with Crippen molar-refractivity contribution in [2.45, 2.75) is 57.6 Å². The van der Waals surface area contributed by atoms with Gasteiger partial charge >= 0.3 is 0 Å². The van der Waals surface area contributed by atoms with E-state index in [-0.39, 0.29) is 23.0 Å². The molecular formula is C15H22N2O3. The Labute approximate surface area is 119 Å². The Morgan fingerprint density at radius 1 is 1.45 bits per heavy atom. The molecule has 1 heterocycles. The Hall–Kier alpha value is -1.36. The molecule has 5 heteroatoms. The van der Waals surface area contributed by atoms with Gasteiger partial charge in [0.15, 0.2) is 0 Å². The quantitative estimate of drug-likeness (QED) is 0.919. The number of methoxy groups -OCH3 is 1. The first-order valence-corrected chi connectivity index (χ1v) is 7.19. The van der Waals surface area contributed by atoms with Gasteiger partial charge < -0.3 is 14.6 Å². The molecule has 110 valence electrons. The molecule has 0 bridgehead atoms. The highest BCUT2D eigenvalue weighted by molar-refractivity contribution is 5.95. The molecule has 2 aliphatic rings. The van der Waals surface area contributed by atoms with Gasteiger partial charge in [-0.25, -0.2) is 0 Å². The lowest BCUT2D eigenvalue weighted by molar-refractivity contribution is -0.177. The number of hydrogen-bond donors (Lipinski definition) is 1. The van der Waals surface area contributed by atoms with E-state index in [4.69, 9.17) is 9.26 Å². The molecule has 5 nitrogen and oxygen atoms in total. The summed E-state index contributed by atoms with van der Waals surface area (Å²) in [5.74, 6) is 0.331. The lowest BCUT2D eigenvalue weighted by atomic mass is 9.56. The van der Waals surface area contributed by atoms with Gasteiger partial charge in [0.2, 0.25) is 0 Å². The maximum atomic E-state index is 12.4. The minimum atomic E-state index is -0.182. The third-order valence-electron chi connectivity index (χ3n) is 5.39. The predicted octanol–water partition coefficient (Wildman–Crippen LogP) is 2.49. The molecule has 0 spiro atoms. The molecule has 2 fully saturated rings. The van der Waals surface area contributed by atoms with Crippen LogP contribution >= 0.6 is 0 Å². The smallest absolute Gasteiger partial charge is 0.256 e. The van der Waals surface area contributed by atoms with Gasteiger partial charge in [-0.15, -0.1) is 0 Å². The average molecular weight is 278 g/mol. The molecule has 20 heavy (non-hydrogen) atoms. The fourth-order valence-corrected chi connectivity index (χ4v) is 3.03. The minimum Gasteiger partial charge on any atom is -0.378 e. The predicted molar refractivity (Wildman–Crippen MR) is 73.5 cm³/mol. The maximum Gasteiger partial charge on any atom is 0.256 e. The van der Waals surface area contributed by atoms with E-state index in [9.17, 15) is 4.79 Å². The van der Waals surface area contributed by atoms with Gasteiger partial charge in [0.05, 0.1) is 11.3 Å². The molecule has 0 aromatic carbocycles. The summed E-state index contributed by atoms with van der Waals surface area (Å²) in [7, 11) is 1.73. The first-order valence-electron chi connectivity index (χ1n) is 7.19. The molecule has 0 radical (unpaired) electrons. The van der Waals surface area contributed by atoms with Crippen molar-refractivity contribution in [2.24, 2.45) is 5.41 Å². The van der Waals surface area contributed by atoms with Crippen molar-refractivity contribution in [1.82, 2.24) is 10.5 Å². The first-order chi connectivity index (χ1) is 9.39. The summed E-state index contributed by atoms with van der Waals surface area (Å²) >= 11 is 0. The second kappa shape index (κ2) is 4.32. The molecule has 1 aromatic rings. The van der Waals surface area contributed by atoms with E-state index in [1.54, 1.807) is 7.11 Å². The number of nitrogens with one attached hydrogen (secondary N) is 1. The average Bonchev–Trinajstić information content (AvgIpc) is 3.14. The Bertz CT molecular complexity index is 533. The molecule has 2 aliphatic carbocycles. The number of amides is 1. The first kappa shape index (κ1) is 13.6. The number of carbonyl (C=O) groups excluding carboxylic acids is 1. The fraction of sp³-hybridized carbons (Fsp3) is 0.733. The van der Waals surface area contributed by atoms with Gasteiger partial charge in [-0.3, -0.25) is 4.79 Å². The second-order valence-electron chi connectivity index (χ2n) is 6.77. The molecule has 1 aromatic heterocycles. The summed E-state index contributed by atoms with van der Waals surface area (Å²) in [5, 5.41) is 7.07. The topological polar surface area (TPSA) is 64.4 Å². The van der Waals surface area contributed by atoms with Crippen LogP contribution in [0.1, 0.15) is 62.0 Å². The van der Waals surface area contributed by atoms with Gasteiger partial charge in [0.1, 0.15) is 11.8 Å². The lowest BCUT2D eigenvalue weighted by Crippen LogP contribution is -2.68. The van der Waals surface area contributed by atoms with Crippen LogP contribution in [0.25, 0.3) is 0 Å². The zero-order valence-electron chi connectivity index (χ0n) is 12.5. The standard InChI is InChI=1S/C15H22N2O3/c1-14(2)11(7-15(14,3)19-4)16-13(18)10-8-20-17-12(10)9-5-6-9/h8-9,11H,5-7H2,1-4H3,(H,16,18)/t11-,15-/m0/s1. The minimum absolute atomic E-state index is 0.0793. The van der Waals surface area contributed by atoms with Crippen LogP contribution in [0.2, 0.25) is 0 Å². The van der Waals surface area contributed by atoms with E-state index in [0.717, 1.165) is 25.0 Å². The Morgan fingerprint density at radius 2 is 2.15 bits per heavy atom. The summed E-state index contributed by atoms with van der Waals surface area (Å²) in [6.45, 7) is 6.34. The molecule has 0 saturated heterocycles. The zero-order valence-corrected chi connectivity index (χ0v) is 12.5.